The van der Waals surface area contributed by atoms with Crippen LogP contribution in [0.2, 0.25) is 5.02 Å². The Morgan fingerprint density at radius 3 is 2.38 bits per heavy atom. The quantitative estimate of drug-likeness (QED) is 0.240. The first-order chi connectivity index (χ1) is 21.2. The number of piperidine rings is 1. The molecule has 0 bridgehead atoms. The molecule has 3 aromatic carbocycles. The Balaban J connectivity index is 0.00000461. The summed E-state index contributed by atoms with van der Waals surface area (Å²) >= 11 is 7.96. The molecule has 6 nitrogen and oxygen atoms in total. The summed E-state index contributed by atoms with van der Waals surface area (Å²) in [4.78, 5) is 20.9. The molecule has 5 rings (SSSR count). The minimum absolute atomic E-state index is 0. The zero-order valence-electron chi connectivity index (χ0n) is 25.6. The zero-order valence-corrected chi connectivity index (χ0v) is 27.9. The van der Waals surface area contributed by atoms with Gasteiger partial charge in [-0.15, -0.1) is 24.2 Å². The van der Waals surface area contributed by atoms with E-state index in [-0.39, 0.29) is 35.8 Å². The predicted molar refractivity (Wildman–Crippen MR) is 181 cm³/mol. The van der Waals surface area contributed by atoms with Crippen molar-refractivity contribution < 1.29 is 18.7 Å². The van der Waals surface area contributed by atoms with Crippen molar-refractivity contribution in [3.8, 4) is 16.9 Å². The standard InChI is InChI=1S/C34H41ClF2N4O2S.ClH/c1-2-44-32-21-28(36)5-3-25(32)22-40-13-15-41(16-14-40)34(43)33(38)23-7-10-39(11-8-23)12-9-24-17-27(35)4-6-31(24)26-18-29(37)20-30(42)19-26;/h3-6,17-21,23,33,42H,2,7-16,22,38H2,1H3;1H. The topological polar surface area (TPSA) is 73.0 Å². The van der Waals surface area contributed by atoms with Gasteiger partial charge in [-0.1, -0.05) is 30.7 Å². The summed E-state index contributed by atoms with van der Waals surface area (Å²) in [6, 6.07) is 14.1. The molecule has 244 valence electrons. The number of hydrogen-bond donors (Lipinski definition) is 2. The average Bonchev–Trinajstić information content (AvgIpc) is 3.01. The Bertz CT molecular complexity index is 1430. The van der Waals surface area contributed by atoms with Crippen molar-refractivity contribution in [2.24, 2.45) is 11.7 Å². The predicted octanol–water partition coefficient (Wildman–Crippen LogP) is 6.45. The van der Waals surface area contributed by atoms with E-state index in [1.165, 1.54) is 12.1 Å². The highest BCUT2D eigenvalue weighted by Gasteiger charge is 2.33. The van der Waals surface area contributed by atoms with Gasteiger partial charge in [0.25, 0.3) is 0 Å². The molecule has 45 heavy (non-hydrogen) atoms. The number of phenols is 1. The van der Waals surface area contributed by atoms with Gasteiger partial charge in [-0.25, -0.2) is 8.78 Å². The van der Waals surface area contributed by atoms with Crippen LogP contribution in [0.3, 0.4) is 0 Å². The molecule has 2 fully saturated rings. The lowest BCUT2D eigenvalue weighted by molar-refractivity contribution is -0.136. The molecule has 3 N–H and O–H groups in total. The van der Waals surface area contributed by atoms with Crippen molar-refractivity contribution in [3.63, 3.8) is 0 Å². The number of phenolic OH excluding ortho intramolecular Hbond substituents is 1. The normalized spacial score (nSPS) is 17.2. The van der Waals surface area contributed by atoms with Gasteiger partial charge in [-0.2, -0.15) is 0 Å². The van der Waals surface area contributed by atoms with Crippen molar-refractivity contribution in [1.29, 1.82) is 0 Å². The molecular formula is C34H42Cl2F2N4O2S. The third-order valence-corrected chi connectivity index (χ3v) is 10.0. The van der Waals surface area contributed by atoms with Crippen LogP contribution in [0.1, 0.15) is 30.9 Å². The lowest BCUT2D eigenvalue weighted by atomic mass is 9.88. The Morgan fingerprint density at radius 1 is 0.956 bits per heavy atom. The first-order valence-corrected chi connectivity index (χ1v) is 16.7. The fourth-order valence-corrected chi connectivity index (χ4v) is 7.34. The maximum Gasteiger partial charge on any atom is 0.239 e. The van der Waals surface area contributed by atoms with Crippen LogP contribution < -0.4 is 5.73 Å². The van der Waals surface area contributed by atoms with Crippen LogP contribution in [0.15, 0.2) is 59.5 Å². The summed E-state index contributed by atoms with van der Waals surface area (Å²) in [6.45, 7) is 8.16. The smallest absolute Gasteiger partial charge is 0.239 e. The summed E-state index contributed by atoms with van der Waals surface area (Å²) in [5.41, 5.74) is 10.1. The molecule has 0 radical (unpaired) electrons. The van der Waals surface area contributed by atoms with Crippen LogP contribution in [-0.4, -0.2) is 83.3 Å². The lowest BCUT2D eigenvalue weighted by Crippen LogP contribution is -2.55. The number of benzene rings is 3. The number of amides is 1. The molecule has 1 unspecified atom stereocenters. The van der Waals surface area contributed by atoms with Crippen molar-refractivity contribution in [3.05, 3.63) is 82.4 Å². The number of halogens is 4. The number of nitrogens with zero attached hydrogens (tertiary/aromatic N) is 3. The Kier molecular flexibility index (Phi) is 12.9. The second-order valence-electron chi connectivity index (χ2n) is 11.7. The third-order valence-electron chi connectivity index (χ3n) is 8.79. The largest absolute Gasteiger partial charge is 0.508 e. The van der Waals surface area contributed by atoms with Crippen LogP contribution in [0.4, 0.5) is 8.78 Å². The molecule has 2 aliphatic rings. The highest BCUT2D eigenvalue weighted by atomic mass is 35.5. The van der Waals surface area contributed by atoms with Crippen LogP contribution in [0, 0.1) is 17.6 Å². The average molecular weight is 680 g/mol. The monoisotopic (exact) mass is 678 g/mol. The molecule has 1 amide bonds. The molecule has 0 saturated carbocycles. The van der Waals surface area contributed by atoms with E-state index in [1.807, 2.05) is 23.1 Å². The fraction of sp³-hybridized carbons (Fsp3) is 0.441. The third kappa shape index (κ3) is 9.33. The summed E-state index contributed by atoms with van der Waals surface area (Å²) in [5, 5.41) is 10.5. The molecule has 1 atom stereocenters. The minimum atomic E-state index is -0.506. The van der Waals surface area contributed by atoms with Crippen molar-refractivity contribution in [2.75, 3.05) is 51.6 Å². The van der Waals surface area contributed by atoms with E-state index in [9.17, 15) is 18.7 Å². The number of likely N-dealkylation sites (tertiary alicyclic amines) is 1. The van der Waals surface area contributed by atoms with E-state index < -0.39 is 11.9 Å². The molecule has 11 heteroatoms. The lowest BCUT2D eigenvalue weighted by Gasteiger charge is -2.39. The summed E-state index contributed by atoms with van der Waals surface area (Å²) in [6.07, 6.45) is 2.44. The number of piperazine rings is 1. The van der Waals surface area contributed by atoms with Crippen LogP contribution >= 0.6 is 35.8 Å². The van der Waals surface area contributed by atoms with Crippen LogP contribution in [-0.2, 0) is 17.8 Å². The summed E-state index contributed by atoms with van der Waals surface area (Å²) < 4.78 is 27.7. The number of nitrogens with two attached hydrogens (primary N) is 1. The number of hydrogen-bond acceptors (Lipinski definition) is 6. The SMILES string of the molecule is CCSc1cc(F)ccc1CN1CCN(C(=O)C(N)C2CCN(CCc3cc(Cl)ccc3-c3cc(O)cc(F)c3)CC2)CC1.Cl. The van der Waals surface area contributed by atoms with Gasteiger partial charge in [-0.05, 0) is 103 Å². The Morgan fingerprint density at radius 2 is 1.69 bits per heavy atom. The fourth-order valence-electron chi connectivity index (χ4n) is 6.32. The number of aromatic hydroxyl groups is 1. The van der Waals surface area contributed by atoms with Crippen molar-refractivity contribution in [1.82, 2.24) is 14.7 Å². The van der Waals surface area contributed by atoms with Gasteiger partial charge < -0.3 is 20.6 Å². The van der Waals surface area contributed by atoms with Crippen molar-refractivity contribution >= 4 is 41.7 Å². The second-order valence-corrected chi connectivity index (χ2v) is 13.5. The van der Waals surface area contributed by atoms with Gasteiger partial charge in [0.05, 0.1) is 6.04 Å². The van der Waals surface area contributed by atoms with Gasteiger partial charge >= 0.3 is 0 Å². The number of carbonyl (C=O) groups excluding carboxylic acids is 1. The summed E-state index contributed by atoms with van der Waals surface area (Å²) in [7, 11) is 0. The number of rotatable bonds is 10. The first kappa shape index (κ1) is 35.5. The van der Waals surface area contributed by atoms with E-state index in [0.717, 1.165) is 91.9 Å². The van der Waals surface area contributed by atoms with Crippen molar-refractivity contribution in [2.45, 2.75) is 43.7 Å². The van der Waals surface area contributed by atoms with Crippen LogP contribution in [0.25, 0.3) is 11.1 Å². The van der Waals surface area contributed by atoms with E-state index in [2.05, 4.69) is 16.7 Å². The highest BCUT2D eigenvalue weighted by Crippen LogP contribution is 2.31. The van der Waals surface area contributed by atoms with Gasteiger partial charge in [0.15, 0.2) is 0 Å². The first-order valence-electron chi connectivity index (χ1n) is 15.4. The summed E-state index contributed by atoms with van der Waals surface area (Å²) in [5.74, 6) is 0.261. The molecule has 2 heterocycles. The Hall–Kier alpha value is -2.40. The Labute approximate surface area is 280 Å². The highest BCUT2D eigenvalue weighted by molar-refractivity contribution is 7.99. The van der Waals surface area contributed by atoms with E-state index in [0.29, 0.717) is 23.7 Å². The zero-order chi connectivity index (χ0) is 31.2. The van der Waals surface area contributed by atoms with Crippen LogP contribution in [0.5, 0.6) is 5.75 Å². The molecular weight excluding hydrogens is 637 g/mol. The molecule has 2 aliphatic heterocycles. The van der Waals surface area contributed by atoms with E-state index >= 15 is 0 Å². The molecule has 2 saturated heterocycles. The van der Waals surface area contributed by atoms with E-state index in [4.69, 9.17) is 17.3 Å². The van der Waals surface area contributed by atoms with Gasteiger partial charge in [0, 0.05) is 55.3 Å². The maximum absolute atomic E-state index is 14.0. The molecule has 0 aromatic heterocycles. The maximum atomic E-state index is 14.0. The molecule has 3 aromatic rings. The number of carbonyl (C=O) groups is 1. The minimum Gasteiger partial charge on any atom is -0.508 e. The second kappa shape index (κ2) is 16.4. The van der Waals surface area contributed by atoms with Gasteiger partial charge in [0.1, 0.15) is 17.4 Å². The number of thioether (sulfide) groups is 1. The van der Waals surface area contributed by atoms with E-state index in [1.54, 1.807) is 30.0 Å². The van der Waals surface area contributed by atoms with Gasteiger partial charge in [0.2, 0.25) is 5.91 Å². The van der Waals surface area contributed by atoms with Gasteiger partial charge in [-0.3, -0.25) is 9.69 Å². The molecule has 0 spiro atoms. The molecule has 0 aliphatic carbocycles.